The van der Waals surface area contributed by atoms with Gasteiger partial charge in [0.1, 0.15) is 0 Å². The van der Waals surface area contributed by atoms with Crippen LogP contribution in [0.1, 0.15) is 31.4 Å². The van der Waals surface area contributed by atoms with E-state index < -0.39 is 0 Å². The van der Waals surface area contributed by atoms with E-state index in [2.05, 4.69) is 62.4 Å². The van der Waals surface area contributed by atoms with Gasteiger partial charge in [0.2, 0.25) is 0 Å². The molecule has 0 heterocycles. The van der Waals surface area contributed by atoms with E-state index in [1.165, 1.54) is 22.3 Å². The van der Waals surface area contributed by atoms with Gasteiger partial charge in [-0.2, -0.15) is 0 Å². The Morgan fingerprint density at radius 1 is 1.19 bits per heavy atom. The lowest BCUT2D eigenvalue weighted by Gasteiger charge is -2.30. The van der Waals surface area contributed by atoms with Gasteiger partial charge in [0.05, 0.1) is 0 Å². The summed E-state index contributed by atoms with van der Waals surface area (Å²) in [5.41, 5.74) is 5.87. The minimum atomic E-state index is 0.211. The molecule has 0 radical (unpaired) electrons. The highest BCUT2D eigenvalue weighted by Crippen LogP contribution is 2.49. The Balaban J connectivity index is 2.21. The molecule has 0 spiro atoms. The van der Waals surface area contributed by atoms with Gasteiger partial charge in [-0.05, 0) is 34.8 Å². The molecule has 0 aliphatic heterocycles. The van der Waals surface area contributed by atoms with Crippen molar-refractivity contribution in [2.45, 2.75) is 20.3 Å². The van der Waals surface area contributed by atoms with E-state index in [1.807, 2.05) is 0 Å². The maximum atomic E-state index is 2.36. The number of allylic oxidation sites excluding steroid dienone is 5. The van der Waals surface area contributed by atoms with Gasteiger partial charge in [0.15, 0.2) is 0 Å². The monoisotopic (exact) mass is 208 g/mol. The van der Waals surface area contributed by atoms with Gasteiger partial charge in [-0.1, -0.05) is 56.3 Å². The zero-order chi connectivity index (χ0) is 11.2. The van der Waals surface area contributed by atoms with Crippen LogP contribution in [0.25, 0.3) is 11.6 Å². The summed E-state index contributed by atoms with van der Waals surface area (Å²) in [5.74, 6) is 0. The van der Waals surface area contributed by atoms with Gasteiger partial charge in [-0.3, -0.25) is 0 Å². The lowest BCUT2D eigenvalue weighted by atomic mass is 9.74. The lowest BCUT2D eigenvalue weighted by molar-refractivity contribution is 0.511. The van der Waals surface area contributed by atoms with Crippen LogP contribution in [0.5, 0.6) is 0 Å². The Morgan fingerprint density at radius 2 is 2.00 bits per heavy atom. The molecule has 16 heavy (non-hydrogen) atoms. The van der Waals surface area contributed by atoms with Crippen molar-refractivity contribution >= 4 is 11.6 Å². The van der Waals surface area contributed by atoms with Crippen molar-refractivity contribution in [2.24, 2.45) is 5.41 Å². The summed E-state index contributed by atoms with van der Waals surface area (Å²) < 4.78 is 0. The fourth-order valence-electron chi connectivity index (χ4n) is 2.65. The molecule has 80 valence electrons. The van der Waals surface area contributed by atoms with E-state index in [9.17, 15) is 0 Å². The molecule has 0 N–H and O–H groups in total. The van der Waals surface area contributed by atoms with Crippen LogP contribution >= 0.6 is 0 Å². The van der Waals surface area contributed by atoms with E-state index in [-0.39, 0.29) is 5.41 Å². The topological polar surface area (TPSA) is 0 Å². The molecular formula is C16H16. The summed E-state index contributed by atoms with van der Waals surface area (Å²) in [6.45, 7) is 4.59. The molecule has 0 saturated carbocycles. The third-order valence-corrected chi connectivity index (χ3v) is 3.92. The van der Waals surface area contributed by atoms with Crippen LogP contribution in [0.2, 0.25) is 0 Å². The third-order valence-electron chi connectivity index (χ3n) is 3.92. The van der Waals surface area contributed by atoms with E-state index >= 15 is 0 Å². The van der Waals surface area contributed by atoms with E-state index in [1.54, 1.807) is 0 Å². The van der Waals surface area contributed by atoms with Crippen LogP contribution in [0.4, 0.5) is 0 Å². The smallest absolute Gasteiger partial charge is 0.0110 e. The van der Waals surface area contributed by atoms with Crippen LogP contribution in [-0.2, 0) is 0 Å². The van der Waals surface area contributed by atoms with E-state index in [0.29, 0.717) is 0 Å². The zero-order valence-electron chi connectivity index (χ0n) is 9.83. The highest BCUT2D eigenvalue weighted by Gasteiger charge is 2.32. The average Bonchev–Trinajstić information content (AvgIpc) is 2.70. The summed E-state index contributed by atoms with van der Waals surface area (Å²) in [5, 5.41) is 0. The quantitative estimate of drug-likeness (QED) is 0.639. The first kappa shape index (κ1) is 9.65. The van der Waals surface area contributed by atoms with Gasteiger partial charge >= 0.3 is 0 Å². The van der Waals surface area contributed by atoms with Gasteiger partial charge in [0.25, 0.3) is 0 Å². The lowest BCUT2D eigenvalue weighted by Crippen LogP contribution is -2.16. The first-order valence-corrected chi connectivity index (χ1v) is 5.96. The third kappa shape index (κ3) is 1.16. The van der Waals surface area contributed by atoms with Crippen LogP contribution in [0.15, 0.2) is 48.1 Å². The number of hydrogen-bond acceptors (Lipinski definition) is 0. The normalized spacial score (nSPS) is 25.9. The van der Waals surface area contributed by atoms with Gasteiger partial charge in [-0.15, -0.1) is 0 Å². The molecule has 0 bridgehead atoms. The molecule has 1 atom stereocenters. The summed E-state index contributed by atoms with van der Waals surface area (Å²) in [6, 6.07) is 8.67. The summed E-state index contributed by atoms with van der Waals surface area (Å²) in [4.78, 5) is 0. The van der Waals surface area contributed by atoms with Crippen LogP contribution in [0.3, 0.4) is 0 Å². The zero-order valence-corrected chi connectivity index (χ0v) is 9.83. The molecule has 0 saturated heterocycles. The molecule has 0 amide bonds. The van der Waals surface area contributed by atoms with Crippen molar-refractivity contribution in [1.29, 1.82) is 0 Å². The van der Waals surface area contributed by atoms with Crippen molar-refractivity contribution in [3.05, 3.63) is 59.2 Å². The fraction of sp³-hybridized carbons (Fsp3) is 0.250. The predicted molar refractivity (Wildman–Crippen MR) is 69.9 cm³/mol. The molecule has 0 aromatic heterocycles. The molecule has 1 aromatic carbocycles. The number of fused-ring (bicyclic) bond motifs is 3. The Labute approximate surface area is 97.0 Å². The predicted octanol–water partition coefficient (Wildman–Crippen LogP) is 4.45. The maximum absolute atomic E-state index is 2.36. The minimum absolute atomic E-state index is 0.211. The van der Waals surface area contributed by atoms with Crippen LogP contribution in [0, 0.1) is 5.41 Å². The van der Waals surface area contributed by atoms with Crippen molar-refractivity contribution < 1.29 is 0 Å². The second-order valence-corrected chi connectivity index (χ2v) is 4.86. The first-order valence-electron chi connectivity index (χ1n) is 5.96. The second kappa shape index (κ2) is 3.21. The summed E-state index contributed by atoms with van der Waals surface area (Å²) in [6.07, 6.45) is 10.3. The van der Waals surface area contributed by atoms with Crippen molar-refractivity contribution in [3.8, 4) is 0 Å². The SMILES string of the molecule is CCC1(C)C=CC=C2C1=Cc1ccccc12. The van der Waals surface area contributed by atoms with E-state index in [4.69, 9.17) is 0 Å². The molecular weight excluding hydrogens is 192 g/mol. The van der Waals surface area contributed by atoms with Gasteiger partial charge in [0, 0.05) is 5.41 Å². The standard InChI is InChI=1S/C16H16/c1-3-16(2)10-6-9-14-13-8-5-4-7-12(13)11-15(14)16/h4-11H,3H2,1-2H3. The maximum Gasteiger partial charge on any atom is 0.0110 e. The Bertz CT molecular complexity index is 529. The second-order valence-electron chi connectivity index (χ2n) is 4.86. The van der Waals surface area contributed by atoms with Gasteiger partial charge < -0.3 is 0 Å². The molecule has 1 aromatic rings. The number of benzene rings is 1. The molecule has 3 rings (SSSR count). The molecule has 0 fully saturated rings. The molecule has 2 aliphatic rings. The van der Waals surface area contributed by atoms with Crippen LogP contribution < -0.4 is 0 Å². The first-order chi connectivity index (χ1) is 7.74. The summed E-state index contributed by atoms with van der Waals surface area (Å²) >= 11 is 0. The Hall–Kier alpha value is -1.56. The van der Waals surface area contributed by atoms with Crippen molar-refractivity contribution in [2.75, 3.05) is 0 Å². The number of rotatable bonds is 1. The highest BCUT2D eigenvalue weighted by molar-refractivity contribution is 5.97. The highest BCUT2D eigenvalue weighted by atomic mass is 14.4. The van der Waals surface area contributed by atoms with E-state index in [0.717, 1.165) is 6.42 Å². The average molecular weight is 208 g/mol. The largest absolute Gasteiger partial charge is 0.0742 e. The molecule has 0 nitrogen and oxygen atoms in total. The Kier molecular flexibility index (Phi) is 1.94. The number of hydrogen-bond donors (Lipinski definition) is 0. The van der Waals surface area contributed by atoms with Gasteiger partial charge in [-0.25, -0.2) is 0 Å². The van der Waals surface area contributed by atoms with Crippen molar-refractivity contribution in [1.82, 2.24) is 0 Å². The van der Waals surface area contributed by atoms with Crippen molar-refractivity contribution in [3.63, 3.8) is 0 Å². The Morgan fingerprint density at radius 3 is 2.81 bits per heavy atom. The fourth-order valence-corrected chi connectivity index (χ4v) is 2.65. The molecule has 2 aliphatic carbocycles. The minimum Gasteiger partial charge on any atom is -0.0742 e. The molecule has 1 unspecified atom stereocenters. The van der Waals surface area contributed by atoms with Crippen LogP contribution in [-0.4, -0.2) is 0 Å². The summed E-state index contributed by atoms with van der Waals surface area (Å²) in [7, 11) is 0. The molecule has 0 heteroatoms.